The molecule has 0 saturated carbocycles. The Labute approximate surface area is 124 Å². The molecule has 0 bridgehead atoms. The first-order valence-electron chi connectivity index (χ1n) is 7.08. The number of benzene rings is 1. The number of para-hydroxylation sites is 1. The Kier molecular flexibility index (Phi) is 3.94. The molecule has 5 heteroatoms. The number of carbonyl (C=O) groups excluding carboxylic acids is 1. The predicted octanol–water partition coefficient (Wildman–Crippen LogP) is 3.46. The molecule has 5 nitrogen and oxygen atoms in total. The number of ether oxygens (including phenoxy) is 1. The Balaban J connectivity index is 2.49. The van der Waals surface area contributed by atoms with Gasteiger partial charge in [-0.3, -0.25) is 4.90 Å². The van der Waals surface area contributed by atoms with Crippen LogP contribution < -0.4 is 4.90 Å². The summed E-state index contributed by atoms with van der Waals surface area (Å²) in [5.74, 6) is -1.03. The minimum absolute atomic E-state index is 0.0900. The topological polar surface area (TPSA) is 66.8 Å². The van der Waals surface area contributed by atoms with Gasteiger partial charge in [0.2, 0.25) is 0 Å². The van der Waals surface area contributed by atoms with Gasteiger partial charge in [-0.15, -0.1) is 0 Å². The standard InChI is InChI=1S/C16H21NO4/c1-10-8-9-11-6-5-7-12(14(18)19)13(11)17(10)15(20)21-16(2,3)4/h5-7,10H,8-9H2,1-4H3,(H,18,19)/t10-/m1/s1. The van der Waals surface area contributed by atoms with Crippen molar-refractivity contribution in [3.63, 3.8) is 0 Å². The second kappa shape index (κ2) is 5.39. The van der Waals surface area contributed by atoms with E-state index < -0.39 is 17.7 Å². The largest absolute Gasteiger partial charge is 0.478 e. The monoisotopic (exact) mass is 291 g/mol. The van der Waals surface area contributed by atoms with Crippen LogP contribution in [0.1, 0.15) is 50.0 Å². The molecule has 0 unspecified atom stereocenters. The molecule has 1 N–H and O–H groups in total. The molecular formula is C16H21NO4. The number of rotatable bonds is 1. The fraction of sp³-hybridized carbons (Fsp3) is 0.500. The maximum absolute atomic E-state index is 12.5. The number of hydrogen-bond donors (Lipinski definition) is 1. The first kappa shape index (κ1) is 15.4. The number of carboxylic acid groups (broad SMARTS) is 1. The summed E-state index contributed by atoms with van der Waals surface area (Å²) in [6.45, 7) is 7.29. The summed E-state index contributed by atoms with van der Waals surface area (Å²) in [6.07, 6.45) is 1.05. The number of anilines is 1. The molecule has 1 aliphatic heterocycles. The van der Waals surface area contributed by atoms with E-state index in [9.17, 15) is 14.7 Å². The van der Waals surface area contributed by atoms with Crippen molar-refractivity contribution in [2.45, 2.75) is 52.2 Å². The number of nitrogens with zero attached hydrogens (tertiary/aromatic N) is 1. The van der Waals surface area contributed by atoms with Crippen LogP contribution >= 0.6 is 0 Å². The molecule has 1 heterocycles. The predicted molar refractivity (Wildman–Crippen MR) is 79.9 cm³/mol. The maximum Gasteiger partial charge on any atom is 0.415 e. The maximum atomic E-state index is 12.5. The van der Waals surface area contributed by atoms with E-state index in [0.717, 1.165) is 18.4 Å². The molecule has 0 aromatic heterocycles. The van der Waals surface area contributed by atoms with Crippen molar-refractivity contribution in [3.05, 3.63) is 29.3 Å². The van der Waals surface area contributed by atoms with Crippen molar-refractivity contribution < 1.29 is 19.4 Å². The molecule has 0 saturated heterocycles. The number of hydrogen-bond acceptors (Lipinski definition) is 3. The lowest BCUT2D eigenvalue weighted by molar-refractivity contribution is 0.0563. The van der Waals surface area contributed by atoms with E-state index in [-0.39, 0.29) is 11.6 Å². The minimum atomic E-state index is -1.03. The molecular weight excluding hydrogens is 270 g/mol. The zero-order chi connectivity index (χ0) is 15.8. The summed E-state index contributed by atoms with van der Waals surface area (Å²) >= 11 is 0. The van der Waals surface area contributed by atoms with E-state index in [1.807, 2.05) is 13.0 Å². The lowest BCUT2D eigenvalue weighted by atomic mass is 9.94. The number of aromatic carboxylic acids is 1. The molecule has 1 atom stereocenters. The first-order valence-corrected chi connectivity index (χ1v) is 7.08. The third-order valence-electron chi connectivity index (χ3n) is 3.45. The zero-order valence-electron chi connectivity index (χ0n) is 12.8. The van der Waals surface area contributed by atoms with Crippen molar-refractivity contribution in [1.82, 2.24) is 0 Å². The second-order valence-corrected chi connectivity index (χ2v) is 6.36. The number of carbonyl (C=O) groups is 2. The van der Waals surface area contributed by atoms with Gasteiger partial charge < -0.3 is 9.84 Å². The SMILES string of the molecule is C[C@@H]1CCc2cccc(C(=O)O)c2N1C(=O)OC(C)(C)C. The summed E-state index contributed by atoms with van der Waals surface area (Å²) < 4.78 is 5.43. The van der Waals surface area contributed by atoms with Crippen molar-refractivity contribution >= 4 is 17.7 Å². The molecule has 1 aromatic rings. The van der Waals surface area contributed by atoms with Gasteiger partial charge in [-0.25, -0.2) is 9.59 Å². The van der Waals surface area contributed by atoms with Gasteiger partial charge in [-0.05, 0) is 52.2 Å². The van der Waals surface area contributed by atoms with Crippen LogP contribution in [0.2, 0.25) is 0 Å². The van der Waals surface area contributed by atoms with Crippen LogP contribution in [-0.2, 0) is 11.2 Å². The van der Waals surface area contributed by atoms with Crippen molar-refractivity contribution in [2.75, 3.05) is 4.90 Å². The fourth-order valence-electron chi connectivity index (χ4n) is 2.55. The van der Waals surface area contributed by atoms with Gasteiger partial charge in [0.05, 0.1) is 11.3 Å². The van der Waals surface area contributed by atoms with E-state index in [2.05, 4.69) is 0 Å². The van der Waals surface area contributed by atoms with Gasteiger partial charge in [0.1, 0.15) is 5.60 Å². The lowest BCUT2D eigenvalue weighted by Crippen LogP contribution is -2.45. The van der Waals surface area contributed by atoms with Gasteiger partial charge in [-0.1, -0.05) is 12.1 Å². The Bertz CT molecular complexity index is 574. The summed E-state index contributed by atoms with van der Waals surface area (Å²) in [7, 11) is 0. The molecule has 1 aromatic carbocycles. The summed E-state index contributed by atoms with van der Waals surface area (Å²) in [5, 5.41) is 9.38. The molecule has 0 spiro atoms. The van der Waals surface area contributed by atoms with Gasteiger partial charge in [0, 0.05) is 6.04 Å². The molecule has 1 aliphatic rings. The minimum Gasteiger partial charge on any atom is -0.478 e. The highest BCUT2D eigenvalue weighted by atomic mass is 16.6. The van der Waals surface area contributed by atoms with Gasteiger partial charge in [0.25, 0.3) is 0 Å². The average molecular weight is 291 g/mol. The van der Waals surface area contributed by atoms with E-state index in [4.69, 9.17) is 4.74 Å². The van der Waals surface area contributed by atoms with Crippen molar-refractivity contribution in [3.8, 4) is 0 Å². The zero-order valence-corrected chi connectivity index (χ0v) is 12.8. The van der Waals surface area contributed by atoms with Gasteiger partial charge in [-0.2, -0.15) is 0 Å². The average Bonchev–Trinajstić information content (AvgIpc) is 2.35. The quantitative estimate of drug-likeness (QED) is 0.860. The molecule has 114 valence electrons. The molecule has 21 heavy (non-hydrogen) atoms. The Morgan fingerprint density at radius 3 is 2.57 bits per heavy atom. The highest BCUT2D eigenvalue weighted by Gasteiger charge is 2.34. The van der Waals surface area contributed by atoms with Crippen LogP contribution in [0.3, 0.4) is 0 Å². The molecule has 0 aliphatic carbocycles. The van der Waals surface area contributed by atoms with Gasteiger partial charge in [0.15, 0.2) is 0 Å². The molecule has 0 fully saturated rings. The molecule has 1 amide bonds. The summed E-state index contributed by atoms with van der Waals surface area (Å²) in [6, 6.07) is 5.01. The number of amides is 1. The number of fused-ring (bicyclic) bond motifs is 1. The van der Waals surface area contributed by atoms with Crippen LogP contribution in [0.25, 0.3) is 0 Å². The van der Waals surface area contributed by atoms with Crippen molar-refractivity contribution in [1.29, 1.82) is 0 Å². The van der Waals surface area contributed by atoms with E-state index in [1.54, 1.807) is 26.8 Å². The van der Waals surface area contributed by atoms with Crippen LogP contribution in [0, 0.1) is 0 Å². The first-order chi connectivity index (χ1) is 9.70. The number of carboxylic acids is 1. The van der Waals surface area contributed by atoms with E-state index >= 15 is 0 Å². The fourth-order valence-corrected chi connectivity index (χ4v) is 2.55. The smallest absolute Gasteiger partial charge is 0.415 e. The van der Waals surface area contributed by atoms with Crippen LogP contribution in [-0.4, -0.2) is 28.8 Å². The van der Waals surface area contributed by atoms with Crippen LogP contribution in [0.15, 0.2) is 18.2 Å². The summed E-state index contributed by atoms with van der Waals surface area (Å²) in [4.78, 5) is 25.4. The van der Waals surface area contributed by atoms with Crippen LogP contribution in [0.5, 0.6) is 0 Å². The summed E-state index contributed by atoms with van der Waals surface area (Å²) in [5.41, 5.74) is 0.869. The van der Waals surface area contributed by atoms with Gasteiger partial charge >= 0.3 is 12.1 Å². The Morgan fingerprint density at radius 2 is 2.00 bits per heavy atom. The van der Waals surface area contributed by atoms with Crippen molar-refractivity contribution in [2.24, 2.45) is 0 Å². The third-order valence-corrected chi connectivity index (χ3v) is 3.45. The Hall–Kier alpha value is -2.04. The Morgan fingerprint density at radius 1 is 1.33 bits per heavy atom. The van der Waals surface area contributed by atoms with E-state index in [0.29, 0.717) is 5.69 Å². The second-order valence-electron chi connectivity index (χ2n) is 6.36. The van der Waals surface area contributed by atoms with E-state index in [1.165, 1.54) is 11.0 Å². The number of aryl methyl sites for hydroxylation is 1. The highest BCUT2D eigenvalue weighted by Crippen LogP contribution is 2.35. The lowest BCUT2D eigenvalue weighted by Gasteiger charge is -2.37. The highest BCUT2D eigenvalue weighted by molar-refractivity contribution is 6.01. The van der Waals surface area contributed by atoms with Crippen LogP contribution in [0.4, 0.5) is 10.5 Å². The normalized spacial score (nSPS) is 18.1. The molecule has 2 rings (SSSR count). The third kappa shape index (κ3) is 3.17. The molecule has 0 radical (unpaired) electrons.